The van der Waals surface area contributed by atoms with Crippen molar-refractivity contribution < 1.29 is 9.84 Å². The van der Waals surface area contributed by atoms with E-state index in [0.717, 1.165) is 11.1 Å². The van der Waals surface area contributed by atoms with Gasteiger partial charge in [-0.15, -0.1) is 0 Å². The van der Waals surface area contributed by atoms with E-state index in [0.29, 0.717) is 13.0 Å². The van der Waals surface area contributed by atoms with Gasteiger partial charge in [0.15, 0.2) is 0 Å². The molecule has 14 heavy (non-hydrogen) atoms. The van der Waals surface area contributed by atoms with Crippen molar-refractivity contribution >= 4 is 6.08 Å². The van der Waals surface area contributed by atoms with Crippen molar-refractivity contribution in [2.75, 3.05) is 13.7 Å². The van der Waals surface area contributed by atoms with Crippen LogP contribution >= 0.6 is 0 Å². The van der Waals surface area contributed by atoms with Crippen LogP contribution in [0.1, 0.15) is 17.5 Å². The van der Waals surface area contributed by atoms with Gasteiger partial charge in [0.1, 0.15) is 0 Å². The van der Waals surface area contributed by atoms with Gasteiger partial charge in [0.2, 0.25) is 0 Å². The standard InChI is InChI=1S/C11H15NO2/c1-14-9-11-6-10(7-12-8-11)4-2-3-5-13/h2,4,6-8,13H,3,5,9H2,1H3/b4-2+. The van der Waals surface area contributed by atoms with E-state index in [2.05, 4.69) is 4.98 Å². The summed E-state index contributed by atoms with van der Waals surface area (Å²) >= 11 is 0. The fraction of sp³-hybridized carbons (Fsp3) is 0.364. The van der Waals surface area contributed by atoms with Gasteiger partial charge < -0.3 is 9.84 Å². The molecule has 0 spiro atoms. The predicted octanol–water partition coefficient (Wildman–Crippen LogP) is 1.62. The molecular weight excluding hydrogens is 178 g/mol. The van der Waals surface area contributed by atoms with Gasteiger partial charge in [-0.25, -0.2) is 0 Å². The summed E-state index contributed by atoms with van der Waals surface area (Å²) in [5, 5.41) is 8.60. The van der Waals surface area contributed by atoms with E-state index < -0.39 is 0 Å². The molecule has 0 aliphatic rings. The van der Waals surface area contributed by atoms with Crippen molar-refractivity contribution in [1.29, 1.82) is 0 Å². The second-order valence-electron chi connectivity index (χ2n) is 2.97. The molecule has 3 nitrogen and oxygen atoms in total. The lowest BCUT2D eigenvalue weighted by Crippen LogP contribution is -1.89. The van der Waals surface area contributed by atoms with Gasteiger partial charge in [0.25, 0.3) is 0 Å². The number of aliphatic hydroxyl groups is 1. The summed E-state index contributed by atoms with van der Waals surface area (Å²) in [5.74, 6) is 0. The predicted molar refractivity (Wildman–Crippen MR) is 55.7 cm³/mol. The lowest BCUT2D eigenvalue weighted by atomic mass is 10.2. The summed E-state index contributed by atoms with van der Waals surface area (Å²) in [4.78, 5) is 4.09. The maximum absolute atomic E-state index is 8.60. The van der Waals surface area contributed by atoms with Crippen molar-refractivity contribution in [1.82, 2.24) is 4.98 Å². The smallest absolute Gasteiger partial charge is 0.0728 e. The number of pyridine rings is 1. The average Bonchev–Trinajstić information content (AvgIpc) is 2.19. The Bertz CT molecular complexity index is 297. The monoisotopic (exact) mass is 193 g/mol. The van der Waals surface area contributed by atoms with Gasteiger partial charge >= 0.3 is 0 Å². The molecule has 1 heterocycles. The SMILES string of the molecule is COCc1cncc(/C=C/CCO)c1. The average molecular weight is 193 g/mol. The molecule has 0 unspecified atom stereocenters. The molecule has 76 valence electrons. The molecule has 1 aromatic heterocycles. The number of aliphatic hydroxyl groups excluding tert-OH is 1. The first-order valence-corrected chi connectivity index (χ1v) is 4.57. The third-order valence-corrected chi connectivity index (χ3v) is 1.73. The molecule has 0 amide bonds. The summed E-state index contributed by atoms with van der Waals surface area (Å²) in [6, 6.07) is 2.02. The molecule has 0 aliphatic heterocycles. The molecule has 1 aromatic rings. The fourth-order valence-electron chi connectivity index (χ4n) is 1.14. The maximum atomic E-state index is 8.60. The highest BCUT2D eigenvalue weighted by Gasteiger charge is 1.92. The molecule has 0 aliphatic carbocycles. The highest BCUT2D eigenvalue weighted by molar-refractivity contribution is 5.48. The molecule has 0 radical (unpaired) electrons. The van der Waals surface area contributed by atoms with Crippen LogP contribution in [-0.2, 0) is 11.3 Å². The van der Waals surface area contributed by atoms with Crippen molar-refractivity contribution in [3.8, 4) is 0 Å². The minimum Gasteiger partial charge on any atom is -0.396 e. The Kier molecular flexibility index (Phi) is 4.89. The Labute approximate surface area is 84.1 Å². The van der Waals surface area contributed by atoms with Crippen LogP contribution in [-0.4, -0.2) is 23.8 Å². The first-order valence-electron chi connectivity index (χ1n) is 4.57. The Hall–Kier alpha value is -1.19. The number of hydrogen-bond donors (Lipinski definition) is 1. The molecule has 3 heteroatoms. The van der Waals surface area contributed by atoms with Crippen LogP contribution in [0.4, 0.5) is 0 Å². The van der Waals surface area contributed by atoms with Crippen molar-refractivity contribution in [2.24, 2.45) is 0 Å². The molecule has 0 aromatic carbocycles. The van der Waals surface area contributed by atoms with Crippen LogP contribution < -0.4 is 0 Å². The Morgan fingerprint density at radius 2 is 2.36 bits per heavy atom. The highest BCUT2D eigenvalue weighted by atomic mass is 16.5. The topological polar surface area (TPSA) is 42.4 Å². The van der Waals surface area contributed by atoms with Crippen molar-refractivity contribution in [3.05, 3.63) is 35.7 Å². The van der Waals surface area contributed by atoms with E-state index in [1.54, 1.807) is 19.5 Å². The number of rotatable bonds is 5. The molecule has 0 bridgehead atoms. The minimum absolute atomic E-state index is 0.182. The molecule has 0 saturated carbocycles. The zero-order valence-electron chi connectivity index (χ0n) is 8.31. The maximum Gasteiger partial charge on any atom is 0.0728 e. The van der Waals surface area contributed by atoms with E-state index in [1.165, 1.54) is 0 Å². The van der Waals surface area contributed by atoms with Crippen molar-refractivity contribution in [3.63, 3.8) is 0 Å². The molecule has 0 saturated heterocycles. The summed E-state index contributed by atoms with van der Waals surface area (Å²) in [6.45, 7) is 0.760. The summed E-state index contributed by atoms with van der Waals surface area (Å²) in [6.07, 6.45) is 8.12. The first-order chi connectivity index (χ1) is 6.86. The highest BCUT2D eigenvalue weighted by Crippen LogP contribution is 2.06. The third kappa shape index (κ3) is 3.68. The number of methoxy groups -OCH3 is 1. The van der Waals surface area contributed by atoms with Crippen molar-refractivity contribution in [2.45, 2.75) is 13.0 Å². The normalized spacial score (nSPS) is 11.0. The van der Waals surface area contributed by atoms with Gasteiger partial charge in [-0.2, -0.15) is 0 Å². The van der Waals surface area contributed by atoms with E-state index in [-0.39, 0.29) is 6.61 Å². The van der Waals surface area contributed by atoms with Crippen LogP contribution in [0.15, 0.2) is 24.5 Å². The van der Waals surface area contributed by atoms with Crippen LogP contribution in [0.25, 0.3) is 6.08 Å². The number of ether oxygens (including phenoxy) is 1. The van der Waals surface area contributed by atoms with Gasteiger partial charge in [0.05, 0.1) is 6.61 Å². The Morgan fingerprint density at radius 3 is 3.07 bits per heavy atom. The van der Waals surface area contributed by atoms with Crippen LogP contribution in [0.5, 0.6) is 0 Å². The first kappa shape index (κ1) is 10.9. The van der Waals surface area contributed by atoms with Gasteiger partial charge in [-0.1, -0.05) is 12.2 Å². The van der Waals surface area contributed by atoms with E-state index in [9.17, 15) is 0 Å². The zero-order valence-corrected chi connectivity index (χ0v) is 8.31. The molecule has 0 fully saturated rings. The zero-order chi connectivity index (χ0) is 10.2. The molecular formula is C11H15NO2. The molecule has 1 rings (SSSR count). The summed E-state index contributed by atoms with van der Waals surface area (Å²) in [5.41, 5.74) is 2.09. The second-order valence-corrected chi connectivity index (χ2v) is 2.97. The number of hydrogen-bond acceptors (Lipinski definition) is 3. The second kappa shape index (κ2) is 6.29. The number of aromatic nitrogens is 1. The summed E-state index contributed by atoms with van der Waals surface area (Å²) < 4.78 is 5.00. The fourth-order valence-corrected chi connectivity index (χ4v) is 1.14. The quantitative estimate of drug-likeness (QED) is 0.772. The van der Waals surface area contributed by atoms with Crippen LogP contribution in [0.3, 0.4) is 0 Å². The minimum atomic E-state index is 0.182. The molecule has 1 N–H and O–H groups in total. The lowest BCUT2D eigenvalue weighted by molar-refractivity contribution is 0.184. The van der Waals surface area contributed by atoms with E-state index >= 15 is 0 Å². The molecule has 0 atom stereocenters. The van der Waals surface area contributed by atoms with Gasteiger partial charge in [0, 0.05) is 26.1 Å². The van der Waals surface area contributed by atoms with Gasteiger partial charge in [-0.05, 0) is 23.6 Å². The van der Waals surface area contributed by atoms with Crippen LogP contribution in [0, 0.1) is 0 Å². The number of nitrogens with zero attached hydrogens (tertiary/aromatic N) is 1. The third-order valence-electron chi connectivity index (χ3n) is 1.73. The largest absolute Gasteiger partial charge is 0.396 e. The van der Waals surface area contributed by atoms with E-state index in [4.69, 9.17) is 9.84 Å². The Morgan fingerprint density at radius 1 is 1.50 bits per heavy atom. The lowest BCUT2D eigenvalue weighted by Gasteiger charge is -1.99. The van der Waals surface area contributed by atoms with Gasteiger partial charge in [-0.3, -0.25) is 4.98 Å². The summed E-state index contributed by atoms with van der Waals surface area (Å²) in [7, 11) is 1.66. The van der Waals surface area contributed by atoms with Crippen LogP contribution in [0.2, 0.25) is 0 Å². The van der Waals surface area contributed by atoms with E-state index in [1.807, 2.05) is 18.2 Å². The Balaban J connectivity index is 2.63.